The standard InChI is InChI=1S/C17H28N4O2S.HI/c1-5-18-16(21-12-17(2,3)24-4)20-11-10-19-15(23)13-6-8-14(22)9-7-13;/h6-9,22H,5,10-12H2,1-4H3,(H,19,23)(H2,18,20,21);1H. The lowest BCUT2D eigenvalue weighted by molar-refractivity contribution is 0.0954. The summed E-state index contributed by atoms with van der Waals surface area (Å²) in [7, 11) is 0. The molecule has 0 bridgehead atoms. The molecule has 0 aliphatic heterocycles. The van der Waals surface area contributed by atoms with E-state index in [-0.39, 0.29) is 40.4 Å². The molecule has 0 spiro atoms. The number of carbonyl (C=O) groups excluding carboxylic acids is 1. The van der Waals surface area contributed by atoms with E-state index in [1.54, 1.807) is 23.9 Å². The summed E-state index contributed by atoms with van der Waals surface area (Å²) in [6, 6.07) is 6.18. The highest BCUT2D eigenvalue weighted by Crippen LogP contribution is 2.20. The monoisotopic (exact) mass is 480 g/mol. The van der Waals surface area contributed by atoms with Crippen LogP contribution in [0.25, 0.3) is 0 Å². The van der Waals surface area contributed by atoms with Crippen molar-refractivity contribution in [3.8, 4) is 5.75 Å². The van der Waals surface area contributed by atoms with Crippen LogP contribution in [-0.2, 0) is 0 Å². The second kappa shape index (κ2) is 12.2. The second-order valence-corrected chi connectivity index (χ2v) is 7.40. The fourth-order valence-electron chi connectivity index (χ4n) is 1.75. The third-order valence-electron chi connectivity index (χ3n) is 3.35. The molecule has 6 nitrogen and oxygen atoms in total. The van der Waals surface area contributed by atoms with Crippen LogP contribution >= 0.6 is 35.7 Å². The quantitative estimate of drug-likeness (QED) is 0.199. The molecule has 0 fully saturated rings. The first-order valence-corrected chi connectivity index (χ1v) is 9.25. The lowest BCUT2D eigenvalue weighted by Gasteiger charge is -2.20. The first-order chi connectivity index (χ1) is 11.4. The zero-order valence-corrected chi connectivity index (χ0v) is 18.4. The van der Waals surface area contributed by atoms with Crippen LogP contribution in [-0.4, -0.2) is 54.2 Å². The first-order valence-electron chi connectivity index (χ1n) is 8.02. The van der Waals surface area contributed by atoms with E-state index in [4.69, 9.17) is 0 Å². The minimum absolute atomic E-state index is 0. The normalized spacial score (nSPS) is 11.4. The molecule has 0 saturated carbocycles. The molecular weight excluding hydrogens is 451 g/mol. The summed E-state index contributed by atoms with van der Waals surface area (Å²) < 4.78 is 0.0927. The molecule has 25 heavy (non-hydrogen) atoms. The topological polar surface area (TPSA) is 85.8 Å². The SMILES string of the molecule is CCNC(=NCC(C)(C)SC)NCCNC(=O)c1ccc(O)cc1.I. The molecule has 0 aliphatic carbocycles. The van der Waals surface area contributed by atoms with Crippen LogP contribution < -0.4 is 16.0 Å². The summed E-state index contributed by atoms with van der Waals surface area (Å²) >= 11 is 1.78. The maximum Gasteiger partial charge on any atom is 0.251 e. The molecule has 0 atom stereocenters. The fourth-order valence-corrected chi connectivity index (χ4v) is 1.94. The maximum absolute atomic E-state index is 12.0. The molecule has 0 aliphatic rings. The van der Waals surface area contributed by atoms with E-state index in [1.165, 1.54) is 12.1 Å². The predicted octanol–water partition coefficient (Wildman–Crippen LogP) is 2.44. The van der Waals surface area contributed by atoms with E-state index in [9.17, 15) is 9.90 Å². The maximum atomic E-state index is 12.0. The molecule has 0 saturated heterocycles. The number of aliphatic imine (C=N–C) groups is 1. The Hall–Kier alpha value is -1.16. The lowest BCUT2D eigenvalue weighted by atomic mass is 10.2. The molecule has 0 radical (unpaired) electrons. The van der Waals surface area contributed by atoms with Crippen LogP contribution in [0.3, 0.4) is 0 Å². The molecule has 0 aromatic heterocycles. The van der Waals surface area contributed by atoms with Crippen LogP contribution in [0.1, 0.15) is 31.1 Å². The summed E-state index contributed by atoms with van der Waals surface area (Å²) in [5.41, 5.74) is 0.523. The van der Waals surface area contributed by atoms with Crippen molar-refractivity contribution in [1.82, 2.24) is 16.0 Å². The Kier molecular flexibility index (Phi) is 11.7. The Labute approximate surface area is 171 Å². The molecule has 1 aromatic rings. The average molecular weight is 480 g/mol. The Morgan fingerprint density at radius 2 is 1.76 bits per heavy atom. The van der Waals surface area contributed by atoms with Gasteiger partial charge in [-0.3, -0.25) is 9.79 Å². The summed E-state index contributed by atoms with van der Waals surface area (Å²) in [6.45, 7) is 8.88. The molecule has 1 rings (SSSR count). The van der Waals surface area contributed by atoms with Crippen molar-refractivity contribution in [2.45, 2.75) is 25.5 Å². The third kappa shape index (κ3) is 9.78. The highest BCUT2D eigenvalue weighted by Gasteiger charge is 2.15. The minimum atomic E-state index is -0.165. The van der Waals surface area contributed by atoms with Crippen molar-refractivity contribution in [3.63, 3.8) is 0 Å². The van der Waals surface area contributed by atoms with E-state index in [0.29, 0.717) is 25.2 Å². The van der Waals surface area contributed by atoms with Crippen LogP contribution in [0.4, 0.5) is 0 Å². The van der Waals surface area contributed by atoms with Gasteiger partial charge in [0.25, 0.3) is 5.91 Å². The largest absolute Gasteiger partial charge is 0.508 e. The fraction of sp³-hybridized carbons (Fsp3) is 0.529. The Balaban J connectivity index is 0.00000576. The number of guanidine groups is 1. The van der Waals surface area contributed by atoms with Gasteiger partial charge in [0.2, 0.25) is 0 Å². The number of phenols is 1. The van der Waals surface area contributed by atoms with Gasteiger partial charge < -0.3 is 21.1 Å². The van der Waals surface area contributed by atoms with Gasteiger partial charge in [0.05, 0.1) is 6.54 Å². The molecule has 8 heteroatoms. The van der Waals surface area contributed by atoms with Crippen molar-refractivity contribution in [3.05, 3.63) is 29.8 Å². The van der Waals surface area contributed by atoms with Crippen LogP contribution in [0.15, 0.2) is 29.3 Å². The zero-order chi connectivity index (χ0) is 18.0. The minimum Gasteiger partial charge on any atom is -0.508 e. The molecule has 142 valence electrons. The third-order valence-corrected chi connectivity index (χ3v) is 4.58. The van der Waals surface area contributed by atoms with Crippen molar-refractivity contribution in [2.75, 3.05) is 32.4 Å². The second-order valence-electron chi connectivity index (χ2n) is 5.89. The molecule has 4 N–H and O–H groups in total. The van der Waals surface area contributed by atoms with Gasteiger partial charge in [0.15, 0.2) is 5.96 Å². The van der Waals surface area contributed by atoms with Gasteiger partial charge in [0.1, 0.15) is 5.75 Å². The van der Waals surface area contributed by atoms with E-state index in [0.717, 1.165) is 12.5 Å². The molecular formula is C17H29IN4O2S. The molecule has 1 amide bonds. The van der Waals surface area contributed by atoms with Crippen LogP contribution in [0.2, 0.25) is 0 Å². The van der Waals surface area contributed by atoms with Gasteiger partial charge >= 0.3 is 0 Å². The number of rotatable bonds is 8. The number of hydrogen-bond donors (Lipinski definition) is 4. The van der Waals surface area contributed by atoms with Gasteiger partial charge in [0, 0.05) is 29.9 Å². The highest BCUT2D eigenvalue weighted by molar-refractivity contribution is 14.0. The number of halogens is 1. The number of amides is 1. The van der Waals surface area contributed by atoms with Crippen LogP contribution in [0.5, 0.6) is 5.75 Å². The average Bonchev–Trinajstić information content (AvgIpc) is 2.57. The first kappa shape index (κ1) is 23.8. The summed E-state index contributed by atoms with van der Waals surface area (Å²) in [5, 5.41) is 18.5. The lowest BCUT2D eigenvalue weighted by Crippen LogP contribution is -2.42. The molecule has 1 aromatic carbocycles. The van der Waals surface area contributed by atoms with Gasteiger partial charge in [-0.05, 0) is 51.3 Å². The molecule has 0 unspecified atom stereocenters. The van der Waals surface area contributed by atoms with E-state index >= 15 is 0 Å². The van der Waals surface area contributed by atoms with E-state index < -0.39 is 0 Å². The van der Waals surface area contributed by atoms with Gasteiger partial charge in [-0.15, -0.1) is 24.0 Å². The van der Waals surface area contributed by atoms with Gasteiger partial charge in [-0.2, -0.15) is 11.8 Å². The number of nitrogens with one attached hydrogen (secondary N) is 3. The van der Waals surface area contributed by atoms with Crippen LogP contribution in [0, 0.1) is 0 Å². The summed E-state index contributed by atoms with van der Waals surface area (Å²) in [5.74, 6) is 0.730. The number of aromatic hydroxyl groups is 1. The van der Waals surface area contributed by atoms with Crippen molar-refractivity contribution >= 4 is 47.6 Å². The summed E-state index contributed by atoms with van der Waals surface area (Å²) in [6.07, 6.45) is 2.08. The highest BCUT2D eigenvalue weighted by atomic mass is 127. The number of carbonyl (C=O) groups is 1. The Morgan fingerprint density at radius 1 is 1.16 bits per heavy atom. The van der Waals surface area contributed by atoms with Crippen molar-refractivity contribution in [2.24, 2.45) is 4.99 Å². The smallest absolute Gasteiger partial charge is 0.251 e. The number of phenolic OH excluding ortho intramolecular Hbond substituents is 1. The van der Waals surface area contributed by atoms with Gasteiger partial charge in [-0.1, -0.05) is 0 Å². The summed E-state index contributed by atoms with van der Waals surface area (Å²) in [4.78, 5) is 16.5. The Bertz CT molecular complexity index is 550. The van der Waals surface area contributed by atoms with Crippen molar-refractivity contribution < 1.29 is 9.90 Å². The van der Waals surface area contributed by atoms with Gasteiger partial charge in [-0.25, -0.2) is 0 Å². The van der Waals surface area contributed by atoms with Crippen molar-refractivity contribution in [1.29, 1.82) is 0 Å². The number of benzene rings is 1. The molecule has 0 heterocycles. The van der Waals surface area contributed by atoms with E-state index in [2.05, 4.69) is 41.0 Å². The number of thioether (sulfide) groups is 1. The number of nitrogens with zero attached hydrogens (tertiary/aromatic N) is 1. The van der Waals surface area contributed by atoms with E-state index in [1.807, 2.05) is 6.92 Å². The zero-order valence-electron chi connectivity index (χ0n) is 15.3. The number of hydrogen-bond acceptors (Lipinski definition) is 4. The Morgan fingerprint density at radius 3 is 2.32 bits per heavy atom. The predicted molar refractivity (Wildman–Crippen MR) is 117 cm³/mol.